The summed E-state index contributed by atoms with van der Waals surface area (Å²) in [6, 6.07) is 11.8. The van der Waals surface area contributed by atoms with Crippen molar-refractivity contribution >= 4 is 16.9 Å². The van der Waals surface area contributed by atoms with Gasteiger partial charge in [-0.15, -0.1) is 0 Å². The second kappa shape index (κ2) is 7.52. The van der Waals surface area contributed by atoms with Gasteiger partial charge in [0.05, 0.1) is 22.8 Å². The Morgan fingerprint density at radius 2 is 1.96 bits per heavy atom. The maximum Gasteiger partial charge on any atom is 0.255 e. The summed E-state index contributed by atoms with van der Waals surface area (Å²) in [6.45, 7) is 11.7. The number of carbonyl (C=O) groups excluding carboxylic acids is 1. The Hall–Kier alpha value is -2.95. The molecule has 0 atom stereocenters. The normalized spacial score (nSPS) is 10.9. The van der Waals surface area contributed by atoms with E-state index in [9.17, 15) is 4.79 Å². The molecular formula is C21H24N4O. The van der Waals surface area contributed by atoms with Crippen LogP contribution in [0.25, 0.3) is 22.3 Å². The van der Waals surface area contributed by atoms with Crippen molar-refractivity contribution < 1.29 is 4.79 Å². The highest BCUT2D eigenvalue weighted by molar-refractivity contribution is 6.06. The van der Waals surface area contributed by atoms with Crippen LogP contribution in [0.2, 0.25) is 0 Å². The van der Waals surface area contributed by atoms with E-state index >= 15 is 0 Å². The van der Waals surface area contributed by atoms with E-state index in [0.29, 0.717) is 25.2 Å². The minimum absolute atomic E-state index is 0.0178. The van der Waals surface area contributed by atoms with Gasteiger partial charge in [0.1, 0.15) is 0 Å². The Morgan fingerprint density at radius 3 is 2.58 bits per heavy atom. The molecule has 0 N–H and O–H groups in total. The van der Waals surface area contributed by atoms with Gasteiger partial charge in [0.25, 0.3) is 5.91 Å². The molecule has 0 aliphatic rings. The number of amides is 1. The number of pyridine rings is 1. The molecule has 1 aromatic carbocycles. The van der Waals surface area contributed by atoms with Crippen LogP contribution in [0.1, 0.15) is 31.1 Å². The van der Waals surface area contributed by atoms with E-state index in [1.807, 2.05) is 61.9 Å². The smallest absolute Gasteiger partial charge is 0.255 e. The Bertz CT molecular complexity index is 943. The first kappa shape index (κ1) is 17.9. The van der Waals surface area contributed by atoms with Crippen LogP contribution in [0, 0.1) is 0 Å². The lowest BCUT2D eigenvalue weighted by Gasteiger charge is -2.21. The molecule has 2 heterocycles. The monoisotopic (exact) mass is 348 g/mol. The largest absolute Gasteiger partial charge is 0.335 e. The maximum atomic E-state index is 13.2. The first-order valence-corrected chi connectivity index (χ1v) is 8.90. The minimum Gasteiger partial charge on any atom is -0.335 e. The predicted octanol–water partition coefficient (Wildman–Crippen LogP) is 4.16. The lowest BCUT2D eigenvalue weighted by atomic mass is 10.1. The third-order valence-corrected chi connectivity index (χ3v) is 4.34. The van der Waals surface area contributed by atoms with Crippen molar-refractivity contribution in [3.63, 3.8) is 0 Å². The molecule has 1 amide bonds. The molecule has 0 radical (unpaired) electrons. The van der Waals surface area contributed by atoms with Gasteiger partial charge in [-0.05, 0) is 26.8 Å². The first-order chi connectivity index (χ1) is 12.5. The number of carbonyl (C=O) groups is 1. The molecule has 0 bridgehead atoms. The number of benzene rings is 1. The molecule has 0 aliphatic carbocycles. The molecule has 3 rings (SSSR count). The molecule has 0 aliphatic heterocycles. The zero-order chi connectivity index (χ0) is 18.7. The SMILES string of the molecule is C=C(C)CN(CC)C(=O)c1cc(-c2ccccc2)nc2c1cnn2CC. The van der Waals surface area contributed by atoms with Gasteiger partial charge in [-0.25, -0.2) is 9.67 Å². The average Bonchev–Trinajstić information content (AvgIpc) is 3.08. The number of rotatable bonds is 6. The summed E-state index contributed by atoms with van der Waals surface area (Å²) in [7, 11) is 0. The van der Waals surface area contributed by atoms with Crippen LogP contribution < -0.4 is 0 Å². The molecule has 5 nitrogen and oxygen atoms in total. The van der Waals surface area contributed by atoms with Crippen molar-refractivity contribution in [3.05, 3.63) is 60.3 Å². The Balaban J connectivity index is 2.18. The van der Waals surface area contributed by atoms with Crippen LogP contribution >= 0.6 is 0 Å². The van der Waals surface area contributed by atoms with E-state index in [2.05, 4.69) is 11.7 Å². The van der Waals surface area contributed by atoms with Crippen LogP contribution in [-0.4, -0.2) is 38.7 Å². The fourth-order valence-corrected chi connectivity index (χ4v) is 3.04. The van der Waals surface area contributed by atoms with Crippen LogP contribution in [0.5, 0.6) is 0 Å². The fourth-order valence-electron chi connectivity index (χ4n) is 3.04. The van der Waals surface area contributed by atoms with Crippen LogP contribution in [0.4, 0.5) is 0 Å². The molecule has 134 valence electrons. The van der Waals surface area contributed by atoms with Crippen LogP contribution in [-0.2, 0) is 6.54 Å². The van der Waals surface area contributed by atoms with Gasteiger partial charge < -0.3 is 4.90 Å². The molecule has 2 aromatic heterocycles. The van der Waals surface area contributed by atoms with Crippen molar-refractivity contribution in [3.8, 4) is 11.3 Å². The fraction of sp³-hybridized carbons (Fsp3) is 0.286. The summed E-state index contributed by atoms with van der Waals surface area (Å²) < 4.78 is 1.83. The van der Waals surface area contributed by atoms with Gasteiger partial charge in [-0.1, -0.05) is 42.5 Å². The summed E-state index contributed by atoms with van der Waals surface area (Å²) in [5.74, 6) is -0.0178. The van der Waals surface area contributed by atoms with Crippen molar-refractivity contribution in [2.45, 2.75) is 27.3 Å². The first-order valence-electron chi connectivity index (χ1n) is 8.90. The number of hydrogen-bond acceptors (Lipinski definition) is 3. The third kappa shape index (κ3) is 3.38. The molecule has 0 spiro atoms. The molecule has 5 heteroatoms. The number of aryl methyl sites for hydroxylation is 1. The van der Waals surface area contributed by atoms with Gasteiger partial charge in [0.15, 0.2) is 5.65 Å². The van der Waals surface area contributed by atoms with E-state index in [4.69, 9.17) is 4.98 Å². The van der Waals surface area contributed by atoms with E-state index in [1.54, 1.807) is 11.1 Å². The summed E-state index contributed by atoms with van der Waals surface area (Å²) in [4.78, 5) is 19.8. The van der Waals surface area contributed by atoms with Gasteiger partial charge in [-0.3, -0.25) is 4.79 Å². The zero-order valence-corrected chi connectivity index (χ0v) is 15.6. The Kier molecular flexibility index (Phi) is 5.16. The number of fused-ring (bicyclic) bond motifs is 1. The number of nitrogens with zero attached hydrogens (tertiary/aromatic N) is 4. The number of aromatic nitrogens is 3. The summed E-state index contributed by atoms with van der Waals surface area (Å²) >= 11 is 0. The molecular weight excluding hydrogens is 324 g/mol. The summed E-state index contributed by atoms with van der Waals surface area (Å²) in [5, 5.41) is 5.19. The molecule has 26 heavy (non-hydrogen) atoms. The van der Waals surface area contributed by atoms with Crippen molar-refractivity contribution in [1.82, 2.24) is 19.7 Å². The molecule has 0 saturated heterocycles. The number of hydrogen-bond donors (Lipinski definition) is 0. The predicted molar refractivity (Wildman–Crippen MR) is 105 cm³/mol. The highest BCUT2D eigenvalue weighted by atomic mass is 16.2. The van der Waals surface area contributed by atoms with Crippen LogP contribution in [0.3, 0.4) is 0 Å². The minimum atomic E-state index is -0.0178. The third-order valence-electron chi connectivity index (χ3n) is 4.34. The Labute approximate surface area is 154 Å². The van der Waals surface area contributed by atoms with E-state index in [-0.39, 0.29) is 5.91 Å². The average molecular weight is 348 g/mol. The van der Waals surface area contributed by atoms with Crippen LogP contribution in [0.15, 0.2) is 54.7 Å². The summed E-state index contributed by atoms with van der Waals surface area (Å²) in [6.07, 6.45) is 1.74. The Morgan fingerprint density at radius 1 is 1.23 bits per heavy atom. The van der Waals surface area contributed by atoms with Crippen molar-refractivity contribution in [2.75, 3.05) is 13.1 Å². The van der Waals surface area contributed by atoms with Gasteiger partial charge in [0.2, 0.25) is 0 Å². The quantitative estimate of drug-likeness (QED) is 0.629. The lowest BCUT2D eigenvalue weighted by Crippen LogP contribution is -2.32. The summed E-state index contributed by atoms with van der Waals surface area (Å²) in [5.41, 5.74) is 4.09. The second-order valence-corrected chi connectivity index (χ2v) is 6.40. The second-order valence-electron chi connectivity index (χ2n) is 6.40. The topological polar surface area (TPSA) is 51.0 Å². The van der Waals surface area contributed by atoms with Gasteiger partial charge >= 0.3 is 0 Å². The van der Waals surface area contributed by atoms with Gasteiger partial charge in [0, 0.05) is 25.2 Å². The molecule has 0 saturated carbocycles. The maximum absolute atomic E-state index is 13.2. The molecule has 3 aromatic rings. The van der Waals surface area contributed by atoms with Crippen molar-refractivity contribution in [2.24, 2.45) is 0 Å². The van der Waals surface area contributed by atoms with E-state index in [0.717, 1.165) is 27.9 Å². The zero-order valence-electron chi connectivity index (χ0n) is 15.6. The standard InChI is InChI=1S/C21H24N4O/c1-5-24(14-15(3)4)21(26)17-12-19(16-10-8-7-9-11-16)23-20-18(17)13-22-25(20)6-2/h7-13H,3,5-6,14H2,1-2,4H3. The highest BCUT2D eigenvalue weighted by Gasteiger charge is 2.21. The van der Waals surface area contributed by atoms with E-state index < -0.39 is 0 Å². The number of likely N-dealkylation sites (N-methyl/N-ethyl adjacent to an activating group) is 1. The lowest BCUT2D eigenvalue weighted by molar-refractivity contribution is 0.0780. The van der Waals surface area contributed by atoms with Gasteiger partial charge in [-0.2, -0.15) is 5.10 Å². The van der Waals surface area contributed by atoms with Crippen molar-refractivity contribution in [1.29, 1.82) is 0 Å². The molecule has 0 fully saturated rings. The molecule has 0 unspecified atom stereocenters. The van der Waals surface area contributed by atoms with E-state index in [1.165, 1.54) is 0 Å². The highest BCUT2D eigenvalue weighted by Crippen LogP contribution is 2.26.